The number of hydrogen-bond donors (Lipinski definition) is 1. The highest BCUT2D eigenvalue weighted by molar-refractivity contribution is 5.94. The van der Waals surface area contributed by atoms with Crippen LogP contribution in [0, 0.1) is 0 Å². The van der Waals surface area contributed by atoms with Crippen LogP contribution < -0.4 is 0 Å². The minimum atomic E-state index is -0.760. The molecule has 25 heavy (non-hydrogen) atoms. The number of β-amino-alcohol motifs (C(OH)–C–C–N with tert-alkyl or cyclic N) is 1. The van der Waals surface area contributed by atoms with Gasteiger partial charge in [-0.3, -0.25) is 4.79 Å². The van der Waals surface area contributed by atoms with E-state index in [0.29, 0.717) is 13.1 Å². The summed E-state index contributed by atoms with van der Waals surface area (Å²) in [6, 6.07) is 7.95. The van der Waals surface area contributed by atoms with Gasteiger partial charge in [0.2, 0.25) is 0 Å². The Kier molecular flexibility index (Phi) is 5.21. The summed E-state index contributed by atoms with van der Waals surface area (Å²) in [6.07, 6.45) is 4.10. The molecule has 4 nitrogen and oxygen atoms in total. The van der Waals surface area contributed by atoms with Crippen molar-refractivity contribution in [2.24, 2.45) is 0 Å². The molecule has 1 amide bonds. The third-order valence-electron chi connectivity index (χ3n) is 5.56. The second kappa shape index (κ2) is 7.08. The van der Waals surface area contributed by atoms with E-state index in [1.54, 1.807) is 0 Å². The number of rotatable bonds is 3. The van der Waals surface area contributed by atoms with Gasteiger partial charge in [-0.2, -0.15) is 0 Å². The van der Waals surface area contributed by atoms with Crippen LogP contribution in [0.1, 0.15) is 62.4 Å². The topological polar surface area (TPSA) is 43.8 Å². The summed E-state index contributed by atoms with van der Waals surface area (Å²) >= 11 is 0. The lowest BCUT2D eigenvalue weighted by atomic mass is 9.86. The largest absolute Gasteiger partial charge is 0.387 e. The Morgan fingerprint density at radius 3 is 2.32 bits per heavy atom. The minimum Gasteiger partial charge on any atom is -0.387 e. The van der Waals surface area contributed by atoms with E-state index in [1.165, 1.54) is 18.4 Å². The van der Waals surface area contributed by atoms with Crippen LogP contribution in [0.2, 0.25) is 0 Å². The molecule has 1 N–H and O–H groups in total. The first-order chi connectivity index (χ1) is 11.8. The van der Waals surface area contributed by atoms with E-state index in [1.807, 2.05) is 29.2 Å². The van der Waals surface area contributed by atoms with E-state index in [0.717, 1.165) is 38.0 Å². The van der Waals surface area contributed by atoms with E-state index in [-0.39, 0.29) is 11.3 Å². The lowest BCUT2D eigenvalue weighted by molar-refractivity contribution is -0.0431. The molecule has 0 spiro atoms. The van der Waals surface area contributed by atoms with Crippen molar-refractivity contribution < 1.29 is 9.90 Å². The maximum Gasteiger partial charge on any atom is 0.253 e. The molecule has 1 atom stereocenters. The molecule has 4 heteroatoms. The molecule has 0 saturated carbocycles. The smallest absolute Gasteiger partial charge is 0.253 e. The number of amides is 1. The molecule has 0 aliphatic carbocycles. The zero-order valence-corrected chi connectivity index (χ0v) is 15.9. The Bertz CT molecular complexity index is 599. The molecule has 2 aliphatic heterocycles. The van der Waals surface area contributed by atoms with Crippen molar-refractivity contribution in [1.82, 2.24) is 9.80 Å². The van der Waals surface area contributed by atoms with E-state index in [2.05, 4.69) is 25.7 Å². The van der Waals surface area contributed by atoms with Crippen LogP contribution in [0.15, 0.2) is 24.3 Å². The Balaban J connectivity index is 1.67. The highest BCUT2D eigenvalue weighted by Gasteiger charge is 2.37. The van der Waals surface area contributed by atoms with Gasteiger partial charge in [0, 0.05) is 18.7 Å². The molecular formula is C21H32N2O2. The molecule has 138 valence electrons. The first-order valence-corrected chi connectivity index (χ1v) is 9.61. The number of aliphatic hydroxyl groups is 1. The van der Waals surface area contributed by atoms with Gasteiger partial charge in [0.15, 0.2) is 0 Å². The molecule has 3 rings (SSSR count). The molecule has 1 aromatic rings. The van der Waals surface area contributed by atoms with Gasteiger partial charge in [-0.25, -0.2) is 0 Å². The van der Waals surface area contributed by atoms with Crippen molar-refractivity contribution >= 4 is 5.91 Å². The summed E-state index contributed by atoms with van der Waals surface area (Å²) in [5.74, 6) is 0.0417. The standard InChI is InChI=1S/C21H32N2O2/c1-20(2,3)18-9-7-17(8-10-18)19(24)23-14-6-11-21(25,16-23)15-22-12-4-5-13-22/h7-10,25H,4-6,11-16H2,1-3H3/t21-/m1/s1. The Morgan fingerprint density at radius 1 is 1.08 bits per heavy atom. The summed E-state index contributed by atoms with van der Waals surface area (Å²) in [7, 11) is 0. The second-order valence-corrected chi connectivity index (χ2v) is 8.87. The van der Waals surface area contributed by atoms with Gasteiger partial charge < -0.3 is 14.9 Å². The SMILES string of the molecule is CC(C)(C)c1ccc(C(=O)N2CCC[C@@](O)(CN3CCCC3)C2)cc1. The van der Waals surface area contributed by atoms with Crippen LogP contribution >= 0.6 is 0 Å². The predicted molar refractivity (Wildman–Crippen MR) is 101 cm³/mol. The van der Waals surface area contributed by atoms with Crippen molar-refractivity contribution in [2.45, 2.75) is 57.5 Å². The zero-order chi connectivity index (χ0) is 18.1. The van der Waals surface area contributed by atoms with Gasteiger partial charge in [-0.1, -0.05) is 32.9 Å². The fourth-order valence-corrected chi connectivity index (χ4v) is 4.07. The van der Waals surface area contributed by atoms with Gasteiger partial charge in [0.25, 0.3) is 5.91 Å². The average molecular weight is 344 g/mol. The number of piperidine rings is 1. The predicted octanol–water partition coefficient (Wildman–Crippen LogP) is 3.05. The monoisotopic (exact) mass is 344 g/mol. The van der Waals surface area contributed by atoms with Crippen molar-refractivity contribution in [3.8, 4) is 0 Å². The van der Waals surface area contributed by atoms with Gasteiger partial charge in [0.05, 0.1) is 12.1 Å². The van der Waals surface area contributed by atoms with Crippen LogP contribution in [-0.2, 0) is 5.41 Å². The fraction of sp³-hybridized carbons (Fsp3) is 0.667. The van der Waals surface area contributed by atoms with Crippen molar-refractivity contribution in [3.63, 3.8) is 0 Å². The fourth-order valence-electron chi connectivity index (χ4n) is 4.07. The molecular weight excluding hydrogens is 312 g/mol. The maximum absolute atomic E-state index is 12.9. The second-order valence-electron chi connectivity index (χ2n) is 8.87. The summed E-state index contributed by atoms with van der Waals surface area (Å²) in [6.45, 7) is 10.5. The molecule has 2 heterocycles. The van der Waals surface area contributed by atoms with Crippen LogP contribution in [0.4, 0.5) is 0 Å². The Labute approximate surface area is 151 Å². The number of carbonyl (C=O) groups excluding carboxylic acids is 1. The average Bonchev–Trinajstić information content (AvgIpc) is 3.05. The van der Waals surface area contributed by atoms with Crippen molar-refractivity contribution in [2.75, 3.05) is 32.7 Å². The molecule has 2 fully saturated rings. The number of nitrogens with zero attached hydrogens (tertiary/aromatic N) is 2. The first kappa shape index (κ1) is 18.4. The van der Waals surface area contributed by atoms with E-state index in [4.69, 9.17) is 0 Å². The Hall–Kier alpha value is -1.39. The third kappa shape index (κ3) is 4.42. The molecule has 2 saturated heterocycles. The molecule has 0 radical (unpaired) electrons. The number of carbonyl (C=O) groups is 1. The lowest BCUT2D eigenvalue weighted by Crippen LogP contribution is -2.55. The first-order valence-electron chi connectivity index (χ1n) is 9.61. The number of hydrogen-bond acceptors (Lipinski definition) is 3. The molecule has 0 unspecified atom stereocenters. The van der Waals surface area contributed by atoms with Crippen molar-refractivity contribution in [3.05, 3.63) is 35.4 Å². The van der Waals surface area contributed by atoms with Crippen LogP contribution in [0.5, 0.6) is 0 Å². The van der Waals surface area contributed by atoms with Crippen LogP contribution in [0.3, 0.4) is 0 Å². The maximum atomic E-state index is 12.9. The summed E-state index contributed by atoms with van der Waals surface area (Å²) in [4.78, 5) is 17.1. The normalized spacial score (nSPS) is 25.4. The number of likely N-dealkylation sites (tertiary alicyclic amines) is 2. The van der Waals surface area contributed by atoms with E-state index >= 15 is 0 Å². The minimum absolute atomic E-state index is 0.0417. The molecule has 2 aliphatic rings. The highest BCUT2D eigenvalue weighted by Crippen LogP contribution is 2.26. The molecule has 1 aromatic carbocycles. The highest BCUT2D eigenvalue weighted by atomic mass is 16.3. The van der Waals surface area contributed by atoms with Crippen molar-refractivity contribution in [1.29, 1.82) is 0 Å². The quantitative estimate of drug-likeness (QED) is 0.916. The van der Waals surface area contributed by atoms with Gasteiger partial charge in [0.1, 0.15) is 0 Å². The van der Waals surface area contributed by atoms with Gasteiger partial charge >= 0.3 is 0 Å². The number of benzene rings is 1. The van der Waals surface area contributed by atoms with Gasteiger partial charge in [-0.15, -0.1) is 0 Å². The lowest BCUT2D eigenvalue weighted by Gasteiger charge is -2.41. The van der Waals surface area contributed by atoms with Crippen LogP contribution in [-0.4, -0.2) is 59.1 Å². The third-order valence-corrected chi connectivity index (χ3v) is 5.56. The van der Waals surface area contributed by atoms with E-state index in [9.17, 15) is 9.90 Å². The molecule has 0 bridgehead atoms. The molecule has 0 aromatic heterocycles. The Morgan fingerprint density at radius 2 is 1.72 bits per heavy atom. The zero-order valence-electron chi connectivity index (χ0n) is 15.9. The summed E-state index contributed by atoms with van der Waals surface area (Å²) in [5, 5.41) is 11.0. The van der Waals surface area contributed by atoms with Gasteiger partial charge in [-0.05, 0) is 61.9 Å². The summed E-state index contributed by atoms with van der Waals surface area (Å²) < 4.78 is 0. The van der Waals surface area contributed by atoms with Crippen LogP contribution in [0.25, 0.3) is 0 Å². The van der Waals surface area contributed by atoms with E-state index < -0.39 is 5.60 Å². The summed E-state index contributed by atoms with van der Waals surface area (Å²) in [5.41, 5.74) is 1.28.